The molecule has 0 radical (unpaired) electrons. The quantitative estimate of drug-likeness (QED) is 0.864. The summed E-state index contributed by atoms with van der Waals surface area (Å²) in [5.74, 6) is 0.828. The van der Waals surface area contributed by atoms with Crippen molar-refractivity contribution in [2.45, 2.75) is 26.8 Å². The summed E-state index contributed by atoms with van der Waals surface area (Å²) in [7, 11) is 0. The van der Waals surface area contributed by atoms with Crippen LogP contribution in [0.5, 0.6) is 0 Å². The van der Waals surface area contributed by atoms with Crippen LogP contribution in [0.25, 0.3) is 0 Å². The predicted octanol–water partition coefficient (Wildman–Crippen LogP) is 2.54. The molecule has 2 rings (SSSR count). The zero-order chi connectivity index (χ0) is 13.0. The maximum atomic E-state index is 5.74. The van der Waals surface area contributed by atoms with E-state index < -0.39 is 0 Å². The van der Waals surface area contributed by atoms with Crippen molar-refractivity contribution in [3.8, 4) is 0 Å². The smallest absolute Gasteiger partial charge is 0.126 e. The molecule has 0 atom stereocenters. The molecule has 94 valence electrons. The average Bonchev–Trinajstić information content (AvgIpc) is 2.40. The third-order valence-electron chi connectivity index (χ3n) is 2.93. The van der Waals surface area contributed by atoms with E-state index in [1.165, 1.54) is 5.56 Å². The van der Waals surface area contributed by atoms with E-state index in [4.69, 9.17) is 5.73 Å². The maximum Gasteiger partial charge on any atom is 0.126 e. The van der Waals surface area contributed by atoms with Crippen LogP contribution >= 0.6 is 0 Å². The molecule has 0 fully saturated rings. The number of aryl methyl sites for hydroxylation is 2. The van der Waals surface area contributed by atoms with Crippen LogP contribution in [0.1, 0.15) is 23.9 Å². The molecule has 18 heavy (non-hydrogen) atoms. The van der Waals surface area contributed by atoms with Crippen molar-refractivity contribution in [2.24, 2.45) is 0 Å². The van der Waals surface area contributed by atoms with Gasteiger partial charge >= 0.3 is 0 Å². The Morgan fingerprint density at radius 1 is 1.28 bits per heavy atom. The first-order chi connectivity index (χ1) is 8.70. The van der Waals surface area contributed by atoms with Crippen LogP contribution in [0.4, 0.5) is 11.5 Å². The second-order valence-corrected chi connectivity index (χ2v) is 4.19. The molecule has 0 saturated carbocycles. The Bertz CT molecular complexity index is 537. The van der Waals surface area contributed by atoms with Gasteiger partial charge in [-0.25, -0.2) is 4.98 Å². The lowest BCUT2D eigenvalue weighted by Gasteiger charge is -2.09. The average molecular weight is 242 g/mol. The number of pyridine rings is 2. The van der Waals surface area contributed by atoms with Crippen LogP contribution in [-0.4, -0.2) is 9.97 Å². The maximum absolute atomic E-state index is 5.74. The molecule has 2 aromatic rings. The first-order valence-electron chi connectivity index (χ1n) is 6.10. The molecular formula is C14H18N4. The van der Waals surface area contributed by atoms with Crippen molar-refractivity contribution in [3.05, 3.63) is 47.4 Å². The highest BCUT2D eigenvalue weighted by Gasteiger charge is 2.02. The Balaban J connectivity index is 2.09. The number of hydrogen-bond donors (Lipinski definition) is 2. The van der Waals surface area contributed by atoms with Crippen molar-refractivity contribution in [2.75, 3.05) is 11.1 Å². The van der Waals surface area contributed by atoms with Crippen molar-refractivity contribution in [3.63, 3.8) is 0 Å². The normalized spacial score (nSPS) is 10.3. The van der Waals surface area contributed by atoms with Gasteiger partial charge in [-0.15, -0.1) is 0 Å². The standard InChI is InChI=1S/C14H18N4/c1-3-11-5-4-8-16-13(11)9-17-14-7-6-12(15)10(2)18-14/h4-8H,3,9,15H2,1-2H3,(H,17,18). The Morgan fingerprint density at radius 2 is 2.11 bits per heavy atom. The van der Waals surface area contributed by atoms with Gasteiger partial charge in [0.15, 0.2) is 0 Å². The van der Waals surface area contributed by atoms with Gasteiger partial charge in [0.25, 0.3) is 0 Å². The van der Waals surface area contributed by atoms with E-state index in [2.05, 4.69) is 28.3 Å². The third-order valence-corrected chi connectivity index (χ3v) is 2.93. The van der Waals surface area contributed by atoms with E-state index >= 15 is 0 Å². The Labute approximate surface area is 107 Å². The van der Waals surface area contributed by atoms with Crippen LogP contribution in [0.15, 0.2) is 30.5 Å². The Hall–Kier alpha value is -2.10. The summed E-state index contributed by atoms with van der Waals surface area (Å²) < 4.78 is 0. The highest BCUT2D eigenvalue weighted by atomic mass is 15.0. The Morgan fingerprint density at radius 3 is 2.83 bits per heavy atom. The van der Waals surface area contributed by atoms with Gasteiger partial charge in [-0.2, -0.15) is 0 Å². The Kier molecular flexibility index (Phi) is 3.77. The number of nitrogens with two attached hydrogens (primary N) is 1. The van der Waals surface area contributed by atoms with Gasteiger partial charge < -0.3 is 11.1 Å². The molecule has 0 unspecified atom stereocenters. The summed E-state index contributed by atoms with van der Waals surface area (Å²) in [6.07, 6.45) is 2.80. The van der Waals surface area contributed by atoms with Gasteiger partial charge in [0.05, 0.1) is 23.6 Å². The van der Waals surface area contributed by atoms with Crippen LogP contribution in [0.2, 0.25) is 0 Å². The molecule has 0 aliphatic rings. The molecule has 0 aromatic carbocycles. The predicted molar refractivity (Wildman–Crippen MR) is 74.3 cm³/mol. The lowest BCUT2D eigenvalue weighted by molar-refractivity contribution is 0.962. The minimum Gasteiger partial charge on any atom is -0.397 e. The summed E-state index contributed by atoms with van der Waals surface area (Å²) in [4.78, 5) is 8.77. The fourth-order valence-electron chi connectivity index (χ4n) is 1.80. The van der Waals surface area contributed by atoms with E-state index in [0.717, 1.165) is 23.6 Å². The van der Waals surface area contributed by atoms with Gasteiger partial charge in [0.1, 0.15) is 5.82 Å². The summed E-state index contributed by atoms with van der Waals surface area (Å²) in [6, 6.07) is 7.82. The number of nitrogens with zero attached hydrogens (tertiary/aromatic N) is 2. The molecule has 0 aliphatic heterocycles. The van der Waals surface area contributed by atoms with Crippen molar-refractivity contribution in [1.82, 2.24) is 9.97 Å². The lowest BCUT2D eigenvalue weighted by Crippen LogP contribution is -2.07. The summed E-state index contributed by atoms with van der Waals surface area (Å²) in [5, 5.41) is 3.27. The lowest BCUT2D eigenvalue weighted by atomic mass is 10.1. The fraction of sp³-hybridized carbons (Fsp3) is 0.286. The van der Waals surface area contributed by atoms with Gasteiger partial charge in [0.2, 0.25) is 0 Å². The van der Waals surface area contributed by atoms with E-state index in [1.807, 2.05) is 31.3 Å². The van der Waals surface area contributed by atoms with E-state index in [1.54, 1.807) is 0 Å². The minimum atomic E-state index is 0.681. The number of hydrogen-bond acceptors (Lipinski definition) is 4. The van der Waals surface area contributed by atoms with Crippen LogP contribution < -0.4 is 11.1 Å². The molecular weight excluding hydrogens is 224 g/mol. The summed E-state index contributed by atoms with van der Waals surface area (Å²) in [5.41, 5.74) is 9.63. The van der Waals surface area contributed by atoms with Gasteiger partial charge in [0, 0.05) is 6.20 Å². The van der Waals surface area contributed by atoms with Crippen LogP contribution in [-0.2, 0) is 13.0 Å². The largest absolute Gasteiger partial charge is 0.397 e. The molecule has 2 aromatic heterocycles. The highest BCUT2D eigenvalue weighted by molar-refractivity contribution is 5.49. The number of rotatable bonds is 4. The molecule has 0 bridgehead atoms. The van der Waals surface area contributed by atoms with Crippen molar-refractivity contribution in [1.29, 1.82) is 0 Å². The third kappa shape index (κ3) is 2.77. The number of aromatic nitrogens is 2. The summed E-state index contributed by atoms with van der Waals surface area (Å²) >= 11 is 0. The number of nitrogens with one attached hydrogen (secondary N) is 1. The highest BCUT2D eigenvalue weighted by Crippen LogP contribution is 2.13. The molecule has 3 N–H and O–H groups in total. The zero-order valence-electron chi connectivity index (χ0n) is 10.8. The van der Waals surface area contributed by atoms with E-state index in [9.17, 15) is 0 Å². The summed E-state index contributed by atoms with van der Waals surface area (Å²) in [6.45, 7) is 4.71. The second-order valence-electron chi connectivity index (χ2n) is 4.19. The van der Waals surface area contributed by atoms with Gasteiger partial charge in [-0.1, -0.05) is 13.0 Å². The van der Waals surface area contributed by atoms with Gasteiger partial charge in [-0.3, -0.25) is 4.98 Å². The van der Waals surface area contributed by atoms with Crippen LogP contribution in [0.3, 0.4) is 0 Å². The molecule has 0 amide bonds. The second kappa shape index (κ2) is 5.49. The van der Waals surface area contributed by atoms with Crippen molar-refractivity contribution >= 4 is 11.5 Å². The monoisotopic (exact) mass is 242 g/mol. The van der Waals surface area contributed by atoms with Crippen molar-refractivity contribution < 1.29 is 0 Å². The van der Waals surface area contributed by atoms with Crippen LogP contribution in [0, 0.1) is 6.92 Å². The molecule has 2 heterocycles. The number of anilines is 2. The SMILES string of the molecule is CCc1cccnc1CNc1ccc(N)c(C)n1. The first-order valence-corrected chi connectivity index (χ1v) is 6.10. The first kappa shape index (κ1) is 12.4. The molecule has 4 nitrogen and oxygen atoms in total. The minimum absolute atomic E-state index is 0.681. The fourth-order valence-corrected chi connectivity index (χ4v) is 1.80. The molecule has 0 saturated heterocycles. The number of nitrogen functional groups attached to an aromatic ring is 1. The molecule has 0 spiro atoms. The topological polar surface area (TPSA) is 63.8 Å². The van der Waals surface area contributed by atoms with E-state index in [0.29, 0.717) is 12.2 Å². The van der Waals surface area contributed by atoms with Gasteiger partial charge in [-0.05, 0) is 37.1 Å². The molecule has 0 aliphatic carbocycles. The van der Waals surface area contributed by atoms with E-state index in [-0.39, 0.29) is 0 Å². The molecule has 4 heteroatoms. The zero-order valence-corrected chi connectivity index (χ0v) is 10.8.